The van der Waals surface area contributed by atoms with Gasteiger partial charge in [0, 0.05) is 23.0 Å². The number of hydrogen-bond donors (Lipinski definition) is 0. The molecule has 1 heteroatoms. The number of rotatable bonds is 7. The van der Waals surface area contributed by atoms with Gasteiger partial charge in [0.1, 0.15) is 0 Å². The molecule has 0 spiro atoms. The first-order valence-electron chi connectivity index (χ1n) is 11.2. The second-order valence-corrected chi connectivity index (χ2v) is 8.35. The molecule has 0 bridgehead atoms. The highest BCUT2D eigenvalue weighted by Crippen LogP contribution is 2.36. The Kier molecular flexibility index (Phi) is 6.52. The van der Waals surface area contributed by atoms with E-state index in [1.165, 1.54) is 45.7 Å². The normalized spacial score (nSPS) is 11.8. The molecule has 0 aliphatic heterocycles. The van der Waals surface area contributed by atoms with Crippen molar-refractivity contribution in [2.24, 2.45) is 0 Å². The van der Waals surface area contributed by atoms with Crippen LogP contribution in [0.4, 0.5) is 17.1 Å². The Morgan fingerprint density at radius 3 is 1.42 bits per heavy atom. The lowest BCUT2D eigenvalue weighted by Crippen LogP contribution is -2.10. The zero-order chi connectivity index (χ0) is 21.6. The highest BCUT2D eigenvalue weighted by Gasteiger charge is 2.16. The molecule has 0 aliphatic rings. The number of hydrogen-bond acceptors (Lipinski definition) is 1. The fraction of sp³-hybridized carbons (Fsp3) is 0.200. The number of anilines is 3. The molecule has 0 saturated carbocycles. The molecular weight excluding hydrogens is 374 g/mol. The third-order valence-electron chi connectivity index (χ3n) is 5.92. The van der Waals surface area contributed by atoms with E-state index < -0.39 is 0 Å². The van der Waals surface area contributed by atoms with E-state index in [2.05, 4.69) is 129 Å². The van der Waals surface area contributed by atoms with Crippen LogP contribution in [-0.4, -0.2) is 0 Å². The minimum Gasteiger partial charge on any atom is -0.311 e. The maximum atomic E-state index is 2.33. The standard InChI is InChI=1S/C30H31N/c1-4-8-30(25-9-6-5-7-10-25)26-15-21-29(22-16-26)31(27-17-11-23(2)12-18-27)28-19-13-24(3)14-20-28/h5-7,9-22,30H,4,8H2,1-3H3. The maximum Gasteiger partial charge on any atom is 0.0461 e. The second kappa shape index (κ2) is 9.66. The van der Waals surface area contributed by atoms with Gasteiger partial charge in [0.05, 0.1) is 0 Å². The molecule has 4 aromatic rings. The van der Waals surface area contributed by atoms with E-state index in [1.807, 2.05) is 0 Å². The molecule has 0 radical (unpaired) electrons. The first-order chi connectivity index (χ1) is 15.2. The van der Waals surface area contributed by atoms with Gasteiger partial charge in [-0.1, -0.05) is 91.2 Å². The molecule has 1 atom stereocenters. The lowest BCUT2D eigenvalue weighted by atomic mass is 9.87. The molecule has 0 aliphatic carbocycles. The predicted molar refractivity (Wildman–Crippen MR) is 134 cm³/mol. The fourth-order valence-corrected chi connectivity index (χ4v) is 4.19. The predicted octanol–water partition coefficient (Wildman–Crippen LogP) is 8.71. The Morgan fingerprint density at radius 2 is 0.968 bits per heavy atom. The van der Waals surface area contributed by atoms with Gasteiger partial charge >= 0.3 is 0 Å². The van der Waals surface area contributed by atoms with Gasteiger partial charge in [0.2, 0.25) is 0 Å². The summed E-state index contributed by atoms with van der Waals surface area (Å²) < 4.78 is 0. The average molecular weight is 406 g/mol. The number of benzene rings is 4. The molecular formula is C30H31N. The molecule has 0 saturated heterocycles. The monoisotopic (exact) mass is 405 g/mol. The van der Waals surface area contributed by atoms with Crippen LogP contribution in [0.25, 0.3) is 0 Å². The Hall–Kier alpha value is -3.32. The zero-order valence-electron chi connectivity index (χ0n) is 18.8. The quantitative estimate of drug-likeness (QED) is 0.297. The molecule has 4 rings (SSSR count). The van der Waals surface area contributed by atoms with Gasteiger partial charge in [-0.15, -0.1) is 0 Å². The van der Waals surface area contributed by atoms with Gasteiger partial charge < -0.3 is 4.90 Å². The average Bonchev–Trinajstić information content (AvgIpc) is 2.81. The van der Waals surface area contributed by atoms with Gasteiger partial charge in [0.25, 0.3) is 0 Å². The summed E-state index contributed by atoms with van der Waals surface area (Å²) in [6, 6.07) is 37.5. The van der Waals surface area contributed by atoms with Crippen LogP contribution in [-0.2, 0) is 0 Å². The lowest BCUT2D eigenvalue weighted by Gasteiger charge is -2.26. The maximum absolute atomic E-state index is 2.33. The van der Waals surface area contributed by atoms with Crippen LogP contribution < -0.4 is 4.90 Å². The first-order valence-corrected chi connectivity index (χ1v) is 11.2. The van der Waals surface area contributed by atoms with Crippen molar-refractivity contribution in [3.05, 3.63) is 125 Å². The summed E-state index contributed by atoms with van der Waals surface area (Å²) >= 11 is 0. The molecule has 0 aromatic heterocycles. The third kappa shape index (κ3) is 4.88. The van der Waals surface area contributed by atoms with Crippen molar-refractivity contribution < 1.29 is 0 Å². The van der Waals surface area contributed by atoms with E-state index >= 15 is 0 Å². The molecule has 0 amide bonds. The van der Waals surface area contributed by atoms with E-state index in [9.17, 15) is 0 Å². The van der Waals surface area contributed by atoms with E-state index in [-0.39, 0.29) is 0 Å². The summed E-state index contributed by atoms with van der Waals surface area (Å²) in [7, 11) is 0. The van der Waals surface area contributed by atoms with Crippen molar-refractivity contribution in [1.82, 2.24) is 0 Å². The smallest absolute Gasteiger partial charge is 0.0461 e. The Labute approximate surface area is 187 Å². The largest absolute Gasteiger partial charge is 0.311 e. The Balaban J connectivity index is 1.72. The summed E-state index contributed by atoms with van der Waals surface area (Å²) in [6.45, 7) is 6.53. The van der Waals surface area contributed by atoms with Crippen LogP contribution in [0, 0.1) is 13.8 Å². The van der Waals surface area contributed by atoms with Gasteiger partial charge in [0.15, 0.2) is 0 Å². The van der Waals surface area contributed by atoms with Crippen LogP contribution >= 0.6 is 0 Å². The van der Waals surface area contributed by atoms with E-state index in [0.29, 0.717) is 5.92 Å². The van der Waals surface area contributed by atoms with E-state index in [1.54, 1.807) is 0 Å². The van der Waals surface area contributed by atoms with Crippen molar-refractivity contribution >= 4 is 17.1 Å². The van der Waals surface area contributed by atoms with Crippen LogP contribution in [0.5, 0.6) is 0 Å². The lowest BCUT2D eigenvalue weighted by molar-refractivity contribution is 0.698. The fourth-order valence-electron chi connectivity index (χ4n) is 4.19. The molecule has 0 fully saturated rings. The molecule has 1 nitrogen and oxygen atoms in total. The van der Waals surface area contributed by atoms with Crippen LogP contribution in [0.3, 0.4) is 0 Å². The van der Waals surface area contributed by atoms with Gasteiger partial charge in [-0.25, -0.2) is 0 Å². The molecule has 1 unspecified atom stereocenters. The molecule has 0 heterocycles. The van der Waals surface area contributed by atoms with Crippen LogP contribution in [0.15, 0.2) is 103 Å². The SMILES string of the molecule is CCCC(c1ccccc1)c1ccc(N(c2ccc(C)cc2)c2ccc(C)cc2)cc1. The van der Waals surface area contributed by atoms with Gasteiger partial charge in [-0.3, -0.25) is 0 Å². The topological polar surface area (TPSA) is 3.24 Å². The highest BCUT2D eigenvalue weighted by molar-refractivity contribution is 5.76. The zero-order valence-corrected chi connectivity index (χ0v) is 18.8. The van der Waals surface area contributed by atoms with Crippen molar-refractivity contribution in [2.75, 3.05) is 4.90 Å². The third-order valence-corrected chi connectivity index (χ3v) is 5.92. The molecule has 156 valence electrons. The summed E-state index contributed by atoms with van der Waals surface area (Å²) in [5.74, 6) is 0.437. The summed E-state index contributed by atoms with van der Waals surface area (Å²) in [5.41, 5.74) is 8.85. The van der Waals surface area contributed by atoms with Crippen molar-refractivity contribution in [3.8, 4) is 0 Å². The van der Waals surface area contributed by atoms with Crippen molar-refractivity contribution in [1.29, 1.82) is 0 Å². The van der Waals surface area contributed by atoms with Gasteiger partial charge in [-0.05, 0) is 67.8 Å². The Morgan fingerprint density at radius 1 is 0.548 bits per heavy atom. The first kappa shape index (κ1) is 20.9. The van der Waals surface area contributed by atoms with Crippen molar-refractivity contribution in [2.45, 2.75) is 39.5 Å². The number of nitrogens with zero attached hydrogens (tertiary/aromatic N) is 1. The highest BCUT2D eigenvalue weighted by atomic mass is 15.1. The van der Waals surface area contributed by atoms with Gasteiger partial charge in [-0.2, -0.15) is 0 Å². The van der Waals surface area contributed by atoms with Crippen LogP contribution in [0.1, 0.15) is 47.9 Å². The summed E-state index contributed by atoms with van der Waals surface area (Å²) in [4.78, 5) is 2.33. The Bertz CT molecular complexity index is 1030. The minimum atomic E-state index is 0.437. The summed E-state index contributed by atoms with van der Waals surface area (Å²) in [5, 5.41) is 0. The van der Waals surface area contributed by atoms with Crippen LogP contribution in [0.2, 0.25) is 0 Å². The molecule has 31 heavy (non-hydrogen) atoms. The number of aryl methyl sites for hydroxylation is 2. The summed E-state index contributed by atoms with van der Waals surface area (Å²) in [6.07, 6.45) is 2.32. The van der Waals surface area contributed by atoms with E-state index in [4.69, 9.17) is 0 Å². The van der Waals surface area contributed by atoms with E-state index in [0.717, 1.165) is 6.42 Å². The second-order valence-electron chi connectivity index (χ2n) is 8.35. The molecule has 0 N–H and O–H groups in total. The minimum absolute atomic E-state index is 0.437. The molecule has 4 aromatic carbocycles. The van der Waals surface area contributed by atoms with Crippen molar-refractivity contribution in [3.63, 3.8) is 0 Å².